The summed E-state index contributed by atoms with van der Waals surface area (Å²) in [7, 11) is 0. The minimum absolute atomic E-state index is 0.179. The van der Waals surface area contributed by atoms with Crippen LogP contribution in [0.25, 0.3) is 12.2 Å². The van der Waals surface area contributed by atoms with Gasteiger partial charge in [0.1, 0.15) is 0 Å². The van der Waals surface area contributed by atoms with Crippen LogP contribution in [0, 0.1) is 0 Å². The van der Waals surface area contributed by atoms with Crippen molar-refractivity contribution in [3.63, 3.8) is 0 Å². The molecule has 2 aromatic rings. The summed E-state index contributed by atoms with van der Waals surface area (Å²) < 4.78 is 10.1. The average molecular weight is 350 g/mol. The first-order chi connectivity index (χ1) is 12.4. The van der Waals surface area contributed by atoms with Gasteiger partial charge in [-0.25, -0.2) is 9.59 Å². The lowest BCUT2D eigenvalue weighted by molar-refractivity contribution is -0.222. The number of aromatic nitrogens is 1. The number of hydrogen-bond acceptors (Lipinski definition) is 6. The Morgan fingerprint density at radius 2 is 1.62 bits per heavy atom. The Balaban J connectivity index is 1.72. The summed E-state index contributed by atoms with van der Waals surface area (Å²) in [4.78, 5) is 27.8. The number of benzene rings is 1. The molecule has 6 nitrogen and oxygen atoms in total. The largest absolute Gasteiger partial charge is 0.419 e. The van der Waals surface area contributed by atoms with Crippen molar-refractivity contribution >= 4 is 29.8 Å². The van der Waals surface area contributed by atoms with Gasteiger partial charge in [-0.2, -0.15) is 0 Å². The second kappa shape index (κ2) is 7.23. The van der Waals surface area contributed by atoms with Crippen molar-refractivity contribution < 1.29 is 19.1 Å². The predicted molar refractivity (Wildman–Crippen MR) is 97.6 cm³/mol. The summed E-state index contributed by atoms with van der Waals surface area (Å²) in [5, 5.41) is 2.93. The highest BCUT2D eigenvalue weighted by Gasteiger charge is 2.38. The van der Waals surface area contributed by atoms with Gasteiger partial charge in [-0.1, -0.05) is 24.3 Å². The zero-order valence-electron chi connectivity index (χ0n) is 14.4. The molecular formula is C20H18N2O4. The third-order valence-electron chi connectivity index (χ3n) is 3.56. The summed E-state index contributed by atoms with van der Waals surface area (Å²) in [6, 6.07) is 11.3. The summed E-state index contributed by atoms with van der Waals surface area (Å²) in [6.07, 6.45) is 8.68. The number of carbonyl (C=O) groups is 2. The van der Waals surface area contributed by atoms with Crippen molar-refractivity contribution in [2.24, 2.45) is 0 Å². The van der Waals surface area contributed by atoms with E-state index in [-0.39, 0.29) is 5.57 Å². The van der Waals surface area contributed by atoms with Crippen molar-refractivity contribution in [1.29, 1.82) is 0 Å². The van der Waals surface area contributed by atoms with Crippen LogP contribution in [-0.4, -0.2) is 22.7 Å². The van der Waals surface area contributed by atoms with Gasteiger partial charge in [0.15, 0.2) is 5.57 Å². The molecule has 1 aromatic carbocycles. The number of esters is 2. The van der Waals surface area contributed by atoms with Crippen LogP contribution in [0.5, 0.6) is 0 Å². The van der Waals surface area contributed by atoms with Crippen molar-refractivity contribution in [2.75, 3.05) is 5.32 Å². The first-order valence-corrected chi connectivity index (χ1v) is 8.04. The normalized spacial score (nSPS) is 16.2. The molecule has 3 rings (SSSR count). The Morgan fingerprint density at radius 1 is 0.962 bits per heavy atom. The van der Waals surface area contributed by atoms with E-state index in [2.05, 4.69) is 10.3 Å². The maximum absolute atomic E-state index is 11.9. The van der Waals surface area contributed by atoms with Crippen LogP contribution in [0.15, 0.2) is 60.6 Å². The van der Waals surface area contributed by atoms with Gasteiger partial charge >= 0.3 is 11.9 Å². The number of hydrogen-bond donors (Lipinski definition) is 1. The molecule has 1 saturated heterocycles. The van der Waals surface area contributed by atoms with Gasteiger partial charge in [0.05, 0.1) is 0 Å². The molecule has 1 N–H and O–H groups in total. The van der Waals surface area contributed by atoms with E-state index in [9.17, 15) is 9.59 Å². The first kappa shape index (κ1) is 17.4. The second-order valence-corrected chi connectivity index (χ2v) is 6.12. The van der Waals surface area contributed by atoms with Gasteiger partial charge in [0.2, 0.25) is 0 Å². The fraction of sp³-hybridized carbons (Fsp3) is 0.150. The molecule has 1 aliphatic heterocycles. The number of pyridine rings is 1. The Hall–Kier alpha value is -3.41. The molecule has 2 heterocycles. The molecule has 0 amide bonds. The lowest BCUT2D eigenvalue weighted by atomic mass is 10.1. The third kappa shape index (κ3) is 4.36. The summed E-state index contributed by atoms with van der Waals surface area (Å²) in [6.45, 7) is 3.01. The summed E-state index contributed by atoms with van der Waals surface area (Å²) in [5.74, 6) is -2.68. The number of ether oxygens (including phenoxy) is 2. The van der Waals surface area contributed by atoms with Gasteiger partial charge in [-0.15, -0.1) is 0 Å². The molecule has 0 unspecified atom stereocenters. The first-order valence-electron chi connectivity index (χ1n) is 8.04. The molecule has 0 spiro atoms. The second-order valence-electron chi connectivity index (χ2n) is 6.12. The van der Waals surface area contributed by atoms with Crippen molar-refractivity contribution in [3.05, 3.63) is 71.7 Å². The van der Waals surface area contributed by atoms with E-state index in [1.807, 2.05) is 48.6 Å². The van der Waals surface area contributed by atoms with E-state index in [4.69, 9.17) is 9.47 Å². The van der Waals surface area contributed by atoms with E-state index in [0.29, 0.717) is 0 Å². The molecule has 0 aliphatic carbocycles. The lowest BCUT2D eigenvalue weighted by Gasteiger charge is -2.29. The average Bonchev–Trinajstić information content (AvgIpc) is 2.59. The molecule has 132 valence electrons. The summed E-state index contributed by atoms with van der Waals surface area (Å²) >= 11 is 0. The van der Waals surface area contributed by atoms with E-state index >= 15 is 0 Å². The highest BCUT2D eigenvalue weighted by atomic mass is 16.7. The standard InChI is InChI=1S/C20H18N2O4/c1-20(2)25-18(23)17(19(24)26-20)13-22-16-5-3-4-15(12-16)7-6-14-8-10-21-11-9-14/h3-13,22H,1-2H3. The monoisotopic (exact) mass is 350 g/mol. The fourth-order valence-corrected chi connectivity index (χ4v) is 2.33. The Kier molecular flexibility index (Phi) is 4.84. The van der Waals surface area contributed by atoms with Gasteiger partial charge in [-0.3, -0.25) is 4.98 Å². The number of nitrogens with zero attached hydrogens (tertiary/aromatic N) is 1. The number of carbonyl (C=O) groups excluding carboxylic acids is 2. The molecule has 0 saturated carbocycles. The highest BCUT2D eigenvalue weighted by molar-refractivity contribution is 6.15. The minimum Gasteiger partial charge on any atom is -0.419 e. The molecule has 0 bridgehead atoms. The Morgan fingerprint density at radius 3 is 2.31 bits per heavy atom. The fourth-order valence-electron chi connectivity index (χ4n) is 2.33. The van der Waals surface area contributed by atoms with Crippen LogP contribution >= 0.6 is 0 Å². The van der Waals surface area contributed by atoms with Gasteiger partial charge in [-0.05, 0) is 35.4 Å². The zero-order chi connectivity index (χ0) is 18.6. The Labute approximate surface area is 151 Å². The van der Waals surface area contributed by atoms with Crippen molar-refractivity contribution in [3.8, 4) is 0 Å². The number of nitrogens with one attached hydrogen (secondary N) is 1. The third-order valence-corrected chi connectivity index (χ3v) is 3.56. The topological polar surface area (TPSA) is 77.5 Å². The van der Waals surface area contributed by atoms with E-state index in [0.717, 1.165) is 16.8 Å². The van der Waals surface area contributed by atoms with Crippen LogP contribution in [0.2, 0.25) is 0 Å². The maximum Gasteiger partial charge on any atom is 0.350 e. The molecule has 1 aliphatic rings. The van der Waals surface area contributed by atoms with Crippen molar-refractivity contribution in [1.82, 2.24) is 4.98 Å². The molecule has 6 heteroatoms. The SMILES string of the molecule is CC1(C)OC(=O)C(=CNc2cccc(C=Cc3ccncc3)c2)C(=O)O1. The van der Waals surface area contributed by atoms with E-state index < -0.39 is 17.7 Å². The van der Waals surface area contributed by atoms with Gasteiger partial charge in [0.25, 0.3) is 5.79 Å². The molecule has 26 heavy (non-hydrogen) atoms. The molecule has 0 atom stereocenters. The minimum atomic E-state index is -1.25. The number of anilines is 1. The molecule has 1 fully saturated rings. The smallest absolute Gasteiger partial charge is 0.350 e. The van der Waals surface area contributed by atoms with Gasteiger partial charge < -0.3 is 14.8 Å². The van der Waals surface area contributed by atoms with E-state index in [1.165, 1.54) is 20.0 Å². The quantitative estimate of drug-likeness (QED) is 0.517. The molecule has 1 aromatic heterocycles. The maximum atomic E-state index is 11.9. The number of cyclic esters (lactones) is 2. The van der Waals surface area contributed by atoms with Crippen molar-refractivity contribution in [2.45, 2.75) is 19.6 Å². The van der Waals surface area contributed by atoms with Crippen LogP contribution in [0.1, 0.15) is 25.0 Å². The summed E-state index contributed by atoms with van der Waals surface area (Å²) in [5.41, 5.74) is 2.54. The number of rotatable bonds is 4. The Bertz CT molecular complexity index is 864. The van der Waals surface area contributed by atoms with E-state index in [1.54, 1.807) is 12.4 Å². The lowest BCUT2D eigenvalue weighted by Crippen LogP contribution is -2.42. The predicted octanol–water partition coefficient (Wildman–Crippen LogP) is 3.38. The highest BCUT2D eigenvalue weighted by Crippen LogP contribution is 2.23. The van der Waals surface area contributed by atoms with Crippen LogP contribution in [0.3, 0.4) is 0 Å². The molecule has 0 radical (unpaired) electrons. The molecular weight excluding hydrogens is 332 g/mol. The van der Waals surface area contributed by atoms with Crippen LogP contribution in [-0.2, 0) is 19.1 Å². The van der Waals surface area contributed by atoms with Crippen LogP contribution < -0.4 is 5.32 Å². The zero-order valence-corrected chi connectivity index (χ0v) is 14.4. The van der Waals surface area contributed by atoms with Crippen LogP contribution in [0.4, 0.5) is 5.69 Å². The van der Waals surface area contributed by atoms with Gasteiger partial charge in [0, 0.05) is 38.1 Å².